The molecule has 0 spiro atoms. The molecule has 1 aliphatic carbocycles. The SMILES string of the molecule is CC(=O)N(C)[C@@H]1CO[C@@H]2CCN(CC3(O)CCC(C(C)(C)C)CC3)C[C@@H]2C[C@@]1(C)O. The number of likely N-dealkylation sites (N-methyl/N-ethyl adjacent to an activating group) is 1. The van der Waals surface area contributed by atoms with Gasteiger partial charge in [-0.25, -0.2) is 0 Å². The van der Waals surface area contributed by atoms with Gasteiger partial charge in [0.1, 0.15) is 0 Å². The summed E-state index contributed by atoms with van der Waals surface area (Å²) in [6.45, 7) is 13.1. The van der Waals surface area contributed by atoms with Crippen molar-refractivity contribution in [3.05, 3.63) is 0 Å². The Balaban J connectivity index is 1.60. The topological polar surface area (TPSA) is 73.2 Å². The summed E-state index contributed by atoms with van der Waals surface area (Å²) in [7, 11) is 1.75. The van der Waals surface area contributed by atoms with Crippen molar-refractivity contribution in [3.8, 4) is 0 Å². The van der Waals surface area contributed by atoms with Gasteiger partial charge in [0.05, 0.1) is 30.0 Å². The number of nitrogens with zero attached hydrogens (tertiary/aromatic N) is 2. The lowest BCUT2D eigenvalue weighted by atomic mass is 9.68. The largest absolute Gasteiger partial charge is 0.389 e. The van der Waals surface area contributed by atoms with Crippen LogP contribution in [0.3, 0.4) is 0 Å². The highest BCUT2D eigenvalue weighted by Crippen LogP contribution is 2.42. The highest BCUT2D eigenvalue weighted by molar-refractivity contribution is 5.73. The number of carbonyl (C=O) groups is 1. The predicted molar refractivity (Wildman–Crippen MR) is 118 cm³/mol. The van der Waals surface area contributed by atoms with Gasteiger partial charge in [-0.3, -0.25) is 4.79 Å². The Morgan fingerprint density at radius 1 is 1.20 bits per heavy atom. The summed E-state index contributed by atoms with van der Waals surface area (Å²) in [5.74, 6) is 0.848. The zero-order valence-corrected chi connectivity index (χ0v) is 20.0. The quantitative estimate of drug-likeness (QED) is 0.729. The van der Waals surface area contributed by atoms with Gasteiger partial charge in [0.2, 0.25) is 5.91 Å². The fourth-order valence-corrected chi connectivity index (χ4v) is 6.05. The smallest absolute Gasteiger partial charge is 0.219 e. The molecule has 2 heterocycles. The van der Waals surface area contributed by atoms with Crippen LogP contribution < -0.4 is 0 Å². The second kappa shape index (κ2) is 8.68. The van der Waals surface area contributed by atoms with Crippen LogP contribution in [-0.2, 0) is 9.53 Å². The van der Waals surface area contributed by atoms with E-state index < -0.39 is 11.2 Å². The van der Waals surface area contributed by atoms with Crippen LogP contribution in [0.1, 0.15) is 73.1 Å². The molecule has 174 valence electrons. The number of fused-ring (bicyclic) bond motifs is 1. The molecule has 0 aromatic heterocycles. The fraction of sp³-hybridized carbons (Fsp3) is 0.958. The monoisotopic (exact) mass is 424 g/mol. The zero-order chi connectivity index (χ0) is 22.3. The maximum absolute atomic E-state index is 11.9. The van der Waals surface area contributed by atoms with E-state index in [1.165, 1.54) is 6.92 Å². The van der Waals surface area contributed by atoms with Crippen LogP contribution in [0.5, 0.6) is 0 Å². The summed E-state index contributed by atoms with van der Waals surface area (Å²) < 4.78 is 6.20. The molecule has 30 heavy (non-hydrogen) atoms. The summed E-state index contributed by atoms with van der Waals surface area (Å²) in [6, 6.07) is -0.328. The number of aliphatic hydroxyl groups is 2. The summed E-state index contributed by atoms with van der Waals surface area (Å²) >= 11 is 0. The third-order valence-electron chi connectivity index (χ3n) is 8.23. The van der Waals surface area contributed by atoms with Crippen LogP contribution >= 0.6 is 0 Å². The maximum Gasteiger partial charge on any atom is 0.219 e. The number of piperidine rings is 1. The number of carbonyl (C=O) groups excluding carboxylic acids is 1. The van der Waals surface area contributed by atoms with Crippen LogP contribution in [0.15, 0.2) is 0 Å². The first-order chi connectivity index (χ1) is 13.8. The summed E-state index contributed by atoms with van der Waals surface area (Å²) in [5.41, 5.74) is -1.27. The number of hydrogen-bond acceptors (Lipinski definition) is 5. The summed E-state index contributed by atoms with van der Waals surface area (Å²) in [6.07, 6.45) is 5.58. The van der Waals surface area contributed by atoms with Crippen molar-refractivity contribution in [1.82, 2.24) is 9.80 Å². The van der Waals surface area contributed by atoms with E-state index in [0.29, 0.717) is 30.9 Å². The number of hydrogen-bond donors (Lipinski definition) is 2. The zero-order valence-electron chi connectivity index (χ0n) is 20.0. The van der Waals surface area contributed by atoms with E-state index in [2.05, 4.69) is 25.7 Å². The molecule has 2 aliphatic heterocycles. The van der Waals surface area contributed by atoms with E-state index in [-0.39, 0.29) is 24.0 Å². The van der Waals surface area contributed by atoms with E-state index in [0.717, 1.165) is 45.2 Å². The van der Waals surface area contributed by atoms with Gasteiger partial charge in [-0.05, 0) is 56.8 Å². The first kappa shape index (κ1) is 24.0. The van der Waals surface area contributed by atoms with Gasteiger partial charge in [-0.15, -0.1) is 0 Å². The molecular weight excluding hydrogens is 380 g/mol. The van der Waals surface area contributed by atoms with Crippen LogP contribution in [0.4, 0.5) is 0 Å². The Hall–Kier alpha value is -0.690. The van der Waals surface area contributed by atoms with Crippen molar-refractivity contribution < 1.29 is 19.7 Å². The molecule has 2 saturated heterocycles. The molecule has 0 unspecified atom stereocenters. The summed E-state index contributed by atoms with van der Waals surface area (Å²) in [4.78, 5) is 15.9. The molecule has 6 nitrogen and oxygen atoms in total. The molecule has 2 N–H and O–H groups in total. The van der Waals surface area contributed by atoms with Crippen molar-refractivity contribution in [2.24, 2.45) is 17.3 Å². The molecule has 6 heteroatoms. The molecule has 0 radical (unpaired) electrons. The van der Waals surface area contributed by atoms with E-state index >= 15 is 0 Å². The first-order valence-electron chi connectivity index (χ1n) is 11.8. The third kappa shape index (κ3) is 5.37. The lowest BCUT2D eigenvalue weighted by Crippen LogP contribution is -2.54. The average molecular weight is 425 g/mol. The van der Waals surface area contributed by atoms with Crippen LogP contribution in [0.25, 0.3) is 0 Å². The Labute approximate surface area is 182 Å². The lowest BCUT2D eigenvalue weighted by Gasteiger charge is -2.46. The molecule has 1 saturated carbocycles. The Kier molecular flexibility index (Phi) is 6.94. The highest BCUT2D eigenvalue weighted by atomic mass is 16.5. The average Bonchev–Trinajstić information content (AvgIpc) is 2.74. The number of ether oxygens (including phenoxy) is 1. The molecule has 0 aromatic carbocycles. The normalized spacial score (nSPS) is 41.1. The van der Waals surface area contributed by atoms with E-state index in [1.807, 2.05) is 6.92 Å². The highest BCUT2D eigenvalue weighted by Gasteiger charge is 2.46. The van der Waals surface area contributed by atoms with E-state index in [9.17, 15) is 15.0 Å². The second-order valence-electron chi connectivity index (χ2n) is 11.7. The van der Waals surface area contributed by atoms with Crippen molar-refractivity contribution in [2.75, 3.05) is 33.3 Å². The molecule has 3 aliphatic rings. The van der Waals surface area contributed by atoms with Gasteiger partial charge in [0.25, 0.3) is 0 Å². The number of β-amino-alcohol motifs (C(OH)–C–C–N with tert-alkyl or cyclic N) is 1. The van der Waals surface area contributed by atoms with Crippen molar-refractivity contribution >= 4 is 5.91 Å². The predicted octanol–water partition coefficient (Wildman–Crippen LogP) is 2.66. The fourth-order valence-electron chi connectivity index (χ4n) is 6.05. The van der Waals surface area contributed by atoms with Crippen molar-refractivity contribution in [3.63, 3.8) is 0 Å². The molecule has 1 amide bonds. The number of likely N-dealkylation sites (tertiary alicyclic amines) is 1. The van der Waals surface area contributed by atoms with Crippen LogP contribution in [0, 0.1) is 17.3 Å². The maximum atomic E-state index is 11.9. The second-order valence-corrected chi connectivity index (χ2v) is 11.7. The van der Waals surface area contributed by atoms with Gasteiger partial charge in [-0.1, -0.05) is 20.8 Å². The minimum atomic E-state index is -0.982. The van der Waals surface area contributed by atoms with Crippen molar-refractivity contribution in [1.29, 1.82) is 0 Å². The van der Waals surface area contributed by atoms with Gasteiger partial charge < -0.3 is 24.7 Å². The molecule has 0 aromatic rings. The molecule has 4 atom stereocenters. The Morgan fingerprint density at radius 3 is 2.40 bits per heavy atom. The third-order valence-corrected chi connectivity index (χ3v) is 8.23. The van der Waals surface area contributed by atoms with Crippen LogP contribution in [-0.4, -0.2) is 82.6 Å². The van der Waals surface area contributed by atoms with Gasteiger partial charge in [-0.2, -0.15) is 0 Å². The van der Waals surface area contributed by atoms with Gasteiger partial charge in [0, 0.05) is 39.5 Å². The molecular formula is C24H44N2O4. The Morgan fingerprint density at radius 2 is 1.83 bits per heavy atom. The first-order valence-corrected chi connectivity index (χ1v) is 11.8. The Bertz CT molecular complexity index is 607. The van der Waals surface area contributed by atoms with Crippen molar-refractivity contribution in [2.45, 2.75) is 96.5 Å². The van der Waals surface area contributed by atoms with E-state index in [1.54, 1.807) is 11.9 Å². The standard InChI is InChI=1S/C24H44N2O4/c1-17(27)25(6)21-15-30-20-9-12-26(14-18(20)13-23(21,5)28)16-24(29)10-7-19(8-11-24)22(2,3)4/h18-21,28-29H,7-16H2,1-6H3/t18-,19?,20+,21+,23+,24?/m0/s1. The number of rotatable bonds is 3. The minimum absolute atomic E-state index is 0.0524. The lowest BCUT2D eigenvalue weighted by molar-refractivity contribution is -0.138. The molecule has 0 bridgehead atoms. The van der Waals surface area contributed by atoms with E-state index in [4.69, 9.17) is 4.74 Å². The van der Waals surface area contributed by atoms with Gasteiger partial charge in [0.15, 0.2) is 0 Å². The molecule has 3 rings (SSSR count). The number of amides is 1. The van der Waals surface area contributed by atoms with Gasteiger partial charge >= 0.3 is 0 Å². The van der Waals surface area contributed by atoms with Crippen LogP contribution in [0.2, 0.25) is 0 Å². The summed E-state index contributed by atoms with van der Waals surface area (Å²) in [5, 5.41) is 22.5. The molecule has 3 fully saturated rings. The minimum Gasteiger partial charge on any atom is -0.389 e.